The summed E-state index contributed by atoms with van der Waals surface area (Å²) in [6.45, 7) is 11.3. The van der Waals surface area contributed by atoms with E-state index in [1.165, 1.54) is 6.07 Å². The van der Waals surface area contributed by atoms with Crippen molar-refractivity contribution in [3.8, 4) is 5.75 Å². The third-order valence-corrected chi connectivity index (χ3v) is 10.1. The number of rotatable bonds is 14. The smallest absolute Gasteiger partial charge is 0.305 e. The monoisotopic (exact) mass is 687 g/mol. The Bertz CT molecular complexity index is 1570. The highest BCUT2D eigenvalue weighted by Gasteiger charge is 2.42. The molecule has 50 heavy (non-hydrogen) atoms. The van der Waals surface area contributed by atoms with Crippen LogP contribution in [0, 0.1) is 5.82 Å². The lowest BCUT2D eigenvalue weighted by atomic mass is 9.87. The highest BCUT2D eigenvalue weighted by atomic mass is 19.1. The zero-order valence-electron chi connectivity index (χ0n) is 29.7. The molecule has 2 fully saturated rings. The fourth-order valence-electron chi connectivity index (χ4n) is 7.50. The molecule has 1 amide bonds. The van der Waals surface area contributed by atoms with Gasteiger partial charge in [0.05, 0.1) is 6.61 Å². The minimum atomic E-state index is -1.11. The highest BCUT2D eigenvalue weighted by molar-refractivity contribution is 5.94. The fraction of sp³-hybridized carbons (Fsp3) is 0.500. The molecule has 3 aromatic carbocycles. The number of carbonyl (C=O) groups excluding carboxylic acids is 2. The molecule has 2 heterocycles. The first-order valence-corrected chi connectivity index (χ1v) is 18.3. The SMILES string of the molecule is CCOC(=O)CCCCCCN1CCCN(C(=O)c2cccc(C(N)(c3cccc(O)c3)N3CCN(Cc4cccc(F)c4)CC3C)c2)CC1. The molecule has 2 atom stereocenters. The molecule has 270 valence electrons. The van der Waals surface area contributed by atoms with Crippen molar-refractivity contribution in [2.45, 2.75) is 70.6 Å². The number of hydrogen-bond acceptors (Lipinski definition) is 8. The highest BCUT2D eigenvalue weighted by Crippen LogP contribution is 2.36. The molecule has 0 radical (unpaired) electrons. The molecule has 0 bridgehead atoms. The first kappa shape index (κ1) is 37.4. The second-order valence-electron chi connectivity index (χ2n) is 13.8. The molecule has 0 saturated carbocycles. The van der Waals surface area contributed by atoms with Gasteiger partial charge in [-0.3, -0.25) is 19.4 Å². The van der Waals surface area contributed by atoms with Crippen molar-refractivity contribution >= 4 is 11.9 Å². The van der Waals surface area contributed by atoms with E-state index in [0.29, 0.717) is 44.8 Å². The number of phenols is 1. The molecule has 0 spiro atoms. The van der Waals surface area contributed by atoms with Crippen LogP contribution >= 0.6 is 0 Å². The number of carbonyl (C=O) groups is 2. The van der Waals surface area contributed by atoms with Crippen molar-refractivity contribution in [2.24, 2.45) is 5.73 Å². The lowest BCUT2D eigenvalue weighted by molar-refractivity contribution is -0.143. The summed E-state index contributed by atoms with van der Waals surface area (Å²) >= 11 is 0. The molecule has 9 nitrogen and oxygen atoms in total. The molecule has 2 saturated heterocycles. The zero-order chi connectivity index (χ0) is 35.5. The van der Waals surface area contributed by atoms with Gasteiger partial charge >= 0.3 is 5.97 Å². The Balaban J connectivity index is 1.25. The molecular weight excluding hydrogens is 633 g/mol. The number of amides is 1. The van der Waals surface area contributed by atoms with Gasteiger partial charge in [-0.1, -0.05) is 49.2 Å². The van der Waals surface area contributed by atoms with Gasteiger partial charge in [-0.25, -0.2) is 4.39 Å². The molecule has 3 aromatic rings. The van der Waals surface area contributed by atoms with E-state index in [2.05, 4.69) is 21.6 Å². The van der Waals surface area contributed by atoms with Gasteiger partial charge < -0.3 is 25.4 Å². The number of ether oxygens (including phenoxy) is 1. The van der Waals surface area contributed by atoms with Gasteiger partial charge in [0, 0.05) is 63.8 Å². The summed E-state index contributed by atoms with van der Waals surface area (Å²) in [6.07, 6.45) is 5.43. The van der Waals surface area contributed by atoms with Gasteiger partial charge in [-0.2, -0.15) is 0 Å². The molecule has 2 unspecified atom stereocenters. The largest absolute Gasteiger partial charge is 0.508 e. The van der Waals surface area contributed by atoms with E-state index in [9.17, 15) is 19.1 Å². The van der Waals surface area contributed by atoms with Gasteiger partial charge in [0.2, 0.25) is 0 Å². The van der Waals surface area contributed by atoms with Gasteiger partial charge in [-0.15, -0.1) is 0 Å². The maximum Gasteiger partial charge on any atom is 0.305 e. The third-order valence-electron chi connectivity index (χ3n) is 10.1. The van der Waals surface area contributed by atoms with Crippen molar-refractivity contribution in [3.05, 3.63) is 101 Å². The average Bonchev–Trinajstić information content (AvgIpc) is 3.35. The van der Waals surface area contributed by atoms with E-state index in [1.54, 1.807) is 30.3 Å². The minimum absolute atomic E-state index is 0.00103. The van der Waals surface area contributed by atoms with Crippen LogP contribution in [0.15, 0.2) is 72.8 Å². The first-order valence-electron chi connectivity index (χ1n) is 18.3. The van der Waals surface area contributed by atoms with E-state index in [-0.39, 0.29) is 29.5 Å². The normalized spacial score (nSPS) is 19.1. The van der Waals surface area contributed by atoms with Gasteiger partial charge in [0.15, 0.2) is 0 Å². The van der Waals surface area contributed by atoms with Crippen LogP contribution in [-0.4, -0.2) is 102 Å². The Labute approximate surface area is 296 Å². The van der Waals surface area contributed by atoms with Crippen molar-refractivity contribution in [1.29, 1.82) is 0 Å². The summed E-state index contributed by atoms with van der Waals surface area (Å²) in [4.78, 5) is 34.5. The molecule has 2 aliphatic heterocycles. The fourth-order valence-corrected chi connectivity index (χ4v) is 7.50. The summed E-state index contributed by atoms with van der Waals surface area (Å²) in [6, 6.07) is 21.5. The Morgan fingerprint density at radius 3 is 2.38 bits per heavy atom. The minimum Gasteiger partial charge on any atom is -0.508 e. The standard InChI is InChI=1S/C40H54FN5O4/c1-3-50-38(48)18-6-4-5-7-19-43-20-11-21-45(24-22-43)39(49)33-13-9-14-34(27-33)40(42,35-15-10-17-37(47)28-35)46-25-23-44(29-31(46)2)30-32-12-8-16-36(41)26-32/h8-10,12-17,26-28,31,47H,3-7,11,18-25,29-30,42H2,1-2H3. The molecule has 5 rings (SSSR count). The van der Waals surface area contributed by atoms with Crippen LogP contribution < -0.4 is 5.73 Å². The maximum absolute atomic E-state index is 14.0. The second kappa shape index (κ2) is 17.9. The number of halogens is 1. The van der Waals surface area contributed by atoms with E-state index in [4.69, 9.17) is 10.5 Å². The van der Waals surface area contributed by atoms with Crippen LogP contribution in [-0.2, 0) is 21.7 Å². The van der Waals surface area contributed by atoms with Crippen LogP contribution in [0.5, 0.6) is 5.75 Å². The van der Waals surface area contributed by atoms with E-state index < -0.39 is 5.66 Å². The number of aromatic hydroxyl groups is 1. The van der Waals surface area contributed by atoms with Crippen molar-refractivity contribution in [1.82, 2.24) is 19.6 Å². The number of nitrogens with zero attached hydrogens (tertiary/aromatic N) is 4. The summed E-state index contributed by atoms with van der Waals surface area (Å²) < 4.78 is 18.9. The molecule has 2 aliphatic rings. The summed E-state index contributed by atoms with van der Waals surface area (Å²) in [5.74, 6) is -0.216. The van der Waals surface area contributed by atoms with Crippen molar-refractivity contribution in [3.63, 3.8) is 0 Å². The Morgan fingerprint density at radius 2 is 1.62 bits per heavy atom. The third kappa shape index (κ3) is 9.69. The molecule has 0 aromatic heterocycles. The number of nitrogens with two attached hydrogens (primary N) is 1. The Hall–Kier alpha value is -3.83. The summed E-state index contributed by atoms with van der Waals surface area (Å²) in [5.41, 5.74) is 9.45. The Morgan fingerprint density at radius 1 is 0.880 bits per heavy atom. The Kier molecular flexibility index (Phi) is 13.4. The lowest BCUT2D eigenvalue weighted by Crippen LogP contribution is -2.63. The number of esters is 1. The van der Waals surface area contributed by atoms with E-state index >= 15 is 0 Å². The quantitative estimate of drug-likeness (QED) is 0.168. The maximum atomic E-state index is 14.0. The van der Waals surface area contributed by atoms with Crippen molar-refractivity contribution in [2.75, 3.05) is 59.0 Å². The number of hydrogen-bond donors (Lipinski definition) is 2. The summed E-state index contributed by atoms with van der Waals surface area (Å²) in [7, 11) is 0. The van der Waals surface area contributed by atoms with Crippen LogP contribution in [0.25, 0.3) is 0 Å². The van der Waals surface area contributed by atoms with E-state index in [0.717, 1.165) is 81.5 Å². The number of unbranched alkanes of at least 4 members (excludes halogenated alkanes) is 3. The van der Waals surface area contributed by atoms with Crippen LogP contribution in [0.2, 0.25) is 0 Å². The second-order valence-corrected chi connectivity index (χ2v) is 13.8. The van der Waals surface area contributed by atoms with E-state index in [1.807, 2.05) is 48.2 Å². The molecule has 0 aliphatic carbocycles. The topological polar surface area (TPSA) is 103 Å². The van der Waals surface area contributed by atoms with Crippen molar-refractivity contribution < 1.29 is 23.8 Å². The van der Waals surface area contributed by atoms with Gasteiger partial charge in [0.1, 0.15) is 17.2 Å². The predicted octanol–water partition coefficient (Wildman–Crippen LogP) is 5.56. The molecule has 10 heteroatoms. The summed E-state index contributed by atoms with van der Waals surface area (Å²) in [5, 5.41) is 10.5. The first-order chi connectivity index (χ1) is 24.2. The zero-order valence-corrected chi connectivity index (χ0v) is 29.7. The predicted molar refractivity (Wildman–Crippen MR) is 194 cm³/mol. The van der Waals surface area contributed by atoms with Crippen LogP contribution in [0.1, 0.15) is 79.4 Å². The average molecular weight is 688 g/mol. The molecular formula is C40H54FN5O4. The van der Waals surface area contributed by atoms with Gasteiger partial charge in [0.25, 0.3) is 5.91 Å². The van der Waals surface area contributed by atoms with Crippen LogP contribution in [0.4, 0.5) is 4.39 Å². The number of phenolic OH excluding ortho intramolecular Hbond substituents is 1. The number of benzene rings is 3. The number of piperazine rings is 1. The molecule has 3 N–H and O–H groups in total. The lowest BCUT2D eigenvalue weighted by Gasteiger charge is -2.50. The van der Waals surface area contributed by atoms with Crippen LogP contribution in [0.3, 0.4) is 0 Å². The van der Waals surface area contributed by atoms with Gasteiger partial charge in [-0.05, 0) is 99.3 Å².